The molecule has 0 bridgehead atoms. The van der Waals surface area contributed by atoms with E-state index in [2.05, 4.69) is 53.4 Å². The summed E-state index contributed by atoms with van der Waals surface area (Å²) in [4.78, 5) is 11.6. The smallest absolute Gasteiger partial charge is 0.321 e. The number of carbonyl (C=O) groups excluding carboxylic acids is 1. The zero-order valence-electron chi connectivity index (χ0n) is 12.1. The van der Waals surface area contributed by atoms with E-state index in [1.54, 1.807) is 6.08 Å². The number of amides is 2. The molecule has 0 unspecified atom stereocenters. The highest BCUT2D eigenvalue weighted by Gasteiger charge is 2.27. The van der Waals surface area contributed by atoms with Gasteiger partial charge in [0.1, 0.15) is 5.01 Å². The average molecular weight is 302 g/mol. The summed E-state index contributed by atoms with van der Waals surface area (Å²) in [5.74, 6) is 0. The molecule has 0 atom stereocenters. The molecule has 1 aromatic heterocycles. The van der Waals surface area contributed by atoms with E-state index >= 15 is 0 Å². The SMILES string of the molecule is C=CCNC(=O)Nc1nnc(C(C)(C)c2ccccc2)s1. The fraction of sp³-hybridized carbons (Fsp3) is 0.267. The van der Waals surface area contributed by atoms with Crippen LogP contribution in [0.3, 0.4) is 0 Å². The van der Waals surface area contributed by atoms with E-state index in [4.69, 9.17) is 0 Å². The normalized spacial score (nSPS) is 11.0. The van der Waals surface area contributed by atoms with Crippen LogP contribution in [-0.2, 0) is 5.41 Å². The minimum Gasteiger partial charge on any atom is -0.334 e. The number of hydrogen-bond donors (Lipinski definition) is 2. The minimum atomic E-state index is -0.310. The van der Waals surface area contributed by atoms with Crippen molar-refractivity contribution in [2.45, 2.75) is 19.3 Å². The molecule has 2 amide bonds. The Morgan fingerprint density at radius 3 is 2.71 bits per heavy atom. The summed E-state index contributed by atoms with van der Waals surface area (Å²) in [5.41, 5.74) is 0.903. The molecule has 0 aliphatic carbocycles. The minimum absolute atomic E-state index is 0.254. The van der Waals surface area contributed by atoms with Gasteiger partial charge >= 0.3 is 6.03 Å². The van der Waals surface area contributed by atoms with Crippen LogP contribution in [0.1, 0.15) is 24.4 Å². The molecule has 0 aliphatic heterocycles. The van der Waals surface area contributed by atoms with Gasteiger partial charge in [-0.15, -0.1) is 16.8 Å². The molecule has 0 radical (unpaired) electrons. The van der Waals surface area contributed by atoms with Crippen molar-refractivity contribution in [3.63, 3.8) is 0 Å². The summed E-state index contributed by atoms with van der Waals surface area (Å²) in [6, 6.07) is 9.79. The lowest BCUT2D eigenvalue weighted by Gasteiger charge is -2.21. The molecule has 21 heavy (non-hydrogen) atoms. The number of urea groups is 1. The van der Waals surface area contributed by atoms with Crippen molar-refractivity contribution >= 4 is 22.5 Å². The van der Waals surface area contributed by atoms with E-state index in [1.165, 1.54) is 11.3 Å². The topological polar surface area (TPSA) is 66.9 Å². The van der Waals surface area contributed by atoms with Gasteiger partial charge in [0.25, 0.3) is 0 Å². The highest BCUT2D eigenvalue weighted by atomic mass is 32.1. The predicted molar refractivity (Wildman–Crippen MR) is 85.7 cm³/mol. The molecule has 0 saturated heterocycles. The van der Waals surface area contributed by atoms with Gasteiger partial charge in [-0.25, -0.2) is 4.79 Å². The second-order valence-electron chi connectivity index (χ2n) is 5.03. The molecule has 0 spiro atoms. The van der Waals surface area contributed by atoms with Gasteiger partial charge in [0.2, 0.25) is 5.13 Å². The van der Waals surface area contributed by atoms with E-state index in [0.717, 1.165) is 10.6 Å². The molecule has 2 rings (SSSR count). The Morgan fingerprint density at radius 2 is 2.05 bits per heavy atom. The quantitative estimate of drug-likeness (QED) is 0.834. The van der Waals surface area contributed by atoms with Gasteiger partial charge < -0.3 is 5.32 Å². The maximum absolute atomic E-state index is 11.6. The molecule has 0 saturated carbocycles. The van der Waals surface area contributed by atoms with Crippen molar-refractivity contribution in [1.29, 1.82) is 0 Å². The van der Waals surface area contributed by atoms with Crippen molar-refractivity contribution in [2.75, 3.05) is 11.9 Å². The summed E-state index contributed by atoms with van der Waals surface area (Å²) < 4.78 is 0. The number of rotatable bonds is 5. The van der Waals surface area contributed by atoms with Crippen molar-refractivity contribution in [2.24, 2.45) is 0 Å². The Balaban J connectivity index is 2.12. The average Bonchev–Trinajstić information content (AvgIpc) is 2.95. The standard InChI is InChI=1S/C15H18N4OS/c1-4-10-16-13(20)17-14-19-18-12(21-14)15(2,3)11-8-6-5-7-9-11/h4-9H,1,10H2,2-3H3,(H2,16,17,19,20). The molecule has 0 aliphatic rings. The Bertz CT molecular complexity index is 622. The lowest BCUT2D eigenvalue weighted by Crippen LogP contribution is -2.28. The first-order valence-electron chi connectivity index (χ1n) is 6.59. The Kier molecular flexibility index (Phi) is 4.70. The van der Waals surface area contributed by atoms with Gasteiger partial charge in [0, 0.05) is 12.0 Å². The molecule has 0 fully saturated rings. The third kappa shape index (κ3) is 3.66. The van der Waals surface area contributed by atoms with Crippen molar-refractivity contribution < 1.29 is 4.79 Å². The summed E-state index contributed by atoms with van der Waals surface area (Å²) in [6.07, 6.45) is 1.61. The van der Waals surface area contributed by atoms with Gasteiger partial charge in [-0.05, 0) is 19.4 Å². The lowest BCUT2D eigenvalue weighted by molar-refractivity contribution is 0.253. The first-order chi connectivity index (χ1) is 10.0. The predicted octanol–water partition coefficient (Wildman–Crippen LogP) is 3.17. The van der Waals surface area contributed by atoms with E-state index in [0.29, 0.717) is 11.7 Å². The van der Waals surface area contributed by atoms with Crippen LogP contribution in [0.2, 0.25) is 0 Å². The summed E-state index contributed by atoms with van der Waals surface area (Å²) in [6.45, 7) is 8.13. The lowest BCUT2D eigenvalue weighted by atomic mass is 9.85. The number of nitrogens with one attached hydrogen (secondary N) is 2. The molecule has 5 nitrogen and oxygen atoms in total. The second kappa shape index (κ2) is 6.49. The number of nitrogens with zero attached hydrogens (tertiary/aromatic N) is 2. The van der Waals surface area contributed by atoms with E-state index in [9.17, 15) is 4.79 Å². The second-order valence-corrected chi connectivity index (χ2v) is 6.00. The largest absolute Gasteiger partial charge is 0.334 e. The summed E-state index contributed by atoms with van der Waals surface area (Å²) in [7, 11) is 0. The number of anilines is 1. The zero-order chi connectivity index (χ0) is 15.3. The number of aromatic nitrogens is 2. The van der Waals surface area contributed by atoms with Crippen LogP contribution in [-0.4, -0.2) is 22.8 Å². The molecule has 6 heteroatoms. The van der Waals surface area contributed by atoms with E-state index < -0.39 is 0 Å². The summed E-state index contributed by atoms with van der Waals surface area (Å²) in [5, 5.41) is 14.9. The molecular weight excluding hydrogens is 284 g/mol. The Hall–Kier alpha value is -2.21. The third-order valence-corrected chi connectivity index (χ3v) is 4.24. The monoisotopic (exact) mass is 302 g/mol. The number of benzene rings is 1. The van der Waals surface area contributed by atoms with E-state index in [1.807, 2.05) is 18.2 Å². The van der Waals surface area contributed by atoms with Crippen LogP contribution < -0.4 is 10.6 Å². The van der Waals surface area contributed by atoms with Crippen LogP contribution in [0.4, 0.5) is 9.93 Å². The molecule has 2 aromatic rings. The zero-order valence-corrected chi connectivity index (χ0v) is 12.9. The Labute approximate surface area is 128 Å². The first-order valence-corrected chi connectivity index (χ1v) is 7.41. The fourth-order valence-corrected chi connectivity index (χ4v) is 2.67. The van der Waals surface area contributed by atoms with Crippen LogP contribution in [0, 0.1) is 0 Å². The molecule has 1 aromatic carbocycles. The van der Waals surface area contributed by atoms with Crippen LogP contribution in [0.5, 0.6) is 0 Å². The summed E-state index contributed by atoms with van der Waals surface area (Å²) >= 11 is 1.38. The van der Waals surface area contributed by atoms with E-state index in [-0.39, 0.29) is 11.4 Å². The molecule has 110 valence electrons. The van der Waals surface area contributed by atoms with Gasteiger partial charge in [0.15, 0.2) is 0 Å². The molecule has 2 N–H and O–H groups in total. The van der Waals surface area contributed by atoms with Crippen LogP contribution in [0.15, 0.2) is 43.0 Å². The Morgan fingerprint density at radius 1 is 1.33 bits per heavy atom. The maximum atomic E-state index is 11.6. The van der Waals surface area contributed by atoms with Crippen LogP contribution >= 0.6 is 11.3 Å². The van der Waals surface area contributed by atoms with Gasteiger partial charge in [-0.2, -0.15) is 0 Å². The van der Waals surface area contributed by atoms with Crippen molar-refractivity contribution in [3.05, 3.63) is 53.6 Å². The molecular formula is C15H18N4OS. The fourth-order valence-electron chi connectivity index (χ4n) is 1.81. The highest BCUT2D eigenvalue weighted by Crippen LogP contribution is 2.34. The molecule has 1 heterocycles. The third-order valence-electron chi connectivity index (χ3n) is 3.08. The maximum Gasteiger partial charge on any atom is 0.321 e. The van der Waals surface area contributed by atoms with Gasteiger partial charge in [-0.3, -0.25) is 5.32 Å². The van der Waals surface area contributed by atoms with Crippen LogP contribution in [0.25, 0.3) is 0 Å². The van der Waals surface area contributed by atoms with Crippen molar-refractivity contribution in [3.8, 4) is 0 Å². The first kappa shape index (κ1) is 15.2. The van der Waals surface area contributed by atoms with Crippen molar-refractivity contribution in [1.82, 2.24) is 15.5 Å². The van der Waals surface area contributed by atoms with Gasteiger partial charge in [-0.1, -0.05) is 47.7 Å². The van der Waals surface area contributed by atoms with Gasteiger partial charge in [0.05, 0.1) is 0 Å². The number of hydrogen-bond acceptors (Lipinski definition) is 4. The number of carbonyl (C=O) groups is 1. The highest BCUT2D eigenvalue weighted by molar-refractivity contribution is 7.15.